The zero-order valence-corrected chi connectivity index (χ0v) is 16.6. The Morgan fingerprint density at radius 1 is 1.03 bits per heavy atom. The van der Waals surface area contributed by atoms with Gasteiger partial charge in [-0.1, -0.05) is 31.2 Å². The van der Waals surface area contributed by atoms with E-state index in [9.17, 15) is 14.7 Å². The van der Waals surface area contributed by atoms with Gasteiger partial charge in [0.05, 0.1) is 5.56 Å². The lowest BCUT2D eigenvalue weighted by Gasteiger charge is -2.17. The molecular weight excluding hydrogens is 364 g/mol. The number of phenols is 1. The Kier molecular flexibility index (Phi) is 6.39. The van der Waals surface area contributed by atoms with Gasteiger partial charge >= 0.3 is 0 Å². The lowest BCUT2D eigenvalue weighted by Crippen LogP contribution is -2.24. The summed E-state index contributed by atoms with van der Waals surface area (Å²) in [5.74, 6) is -0.0847. The van der Waals surface area contributed by atoms with Crippen LogP contribution in [0.15, 0.2) is 67.0 Å². The van der Waals surface area contributed by atoms with E-state index in [4.69, 9.17) is 0 Å². The summed E-state index contributed by atoms with van der Waals surface area (Å²) >= 11 is 0. The molecule has 1 heterocycles. The first-order valence-electron chi connectivity index (χ1n) is 9.61. The molecule has 0 aliphatic rings. The van der Waals surface area contributed by atoms with Crippen LogP contribution >= 0.6 is 0 Å². The lowest BCUT2D eigenvalue weighted by atomic mass is 9.98. The number of pyridine rings is 1. The average Bonchev–Trinajstić information content (AvgIpc) is 2.77. The van der Waals surface area contributed by atoms with Crippen molar-refractivity contribution in [1.29, 1.82) is 0 Å². The third-order valence-electron chi connectivity index (χ3n) is 4.93. The quantitative estimate of drug-likeness (QED) is 0.599. The molecule has 0 spiro atoms. The van der Waals surface area contributed by atoms with E-state index < -0.39 is 0 Å². The van der Waals surface area contributed by atoms with E-state index in [0.29, 0.717) is 24.8 Å². The van der Waals surface area contributed by atoms with Crippen molar-refractivity contribution in [2.75, 3.05) is 11.9 Å². The van der Waals surface area contributed by atoms with E-state index in [0.717, 1.165) is 22.4 Å². The number of hydrogen-bond donors (Lipinski definition) is 1. The van der Waals surface area contributed by atoms with Crippen LogP contribution in [-0.4, -0.2) is 28.8 Å². The van der Waals surface area contributed by atoms with Crippen molar-refractivity contribution in [1.82, 2.24) is 4.98 Å². The number of anilines is 1. The van der Waals surface area contributed by atoms with Gasteiger partial charge in [0, 0.05) is 38.0 Å². The van der Waals surface area contributed by atoms with E-state index in [1.165, 1.54) is 0 Å². The predicted octanol–water partition coefficient (Wildman–Crippen LogP) is 4.64. The molecule has 0 aliphatic carbocycles. The largest absolute Gasteiger partial charge is 0.507 e. The van der Waals surface area contributed by atoms with Crippen LogP contribution in [0.3, 0.4) is 0 Å². The fraction of sp³-hybridized carbons (Fsp3) is 0.208. The number of rotatable bonds is 7. The SMILES string of the molecule is CCC(=O)N(C)c1ccc(-c2ccc(C(=O)CCc3cccnc3)c(O)c2)cc1. The number of aromatic nitrogens is 1. The predicted molar refractivity (Wildman–Crippen MR) is 114 cm³/mol. The Balaban J connectivity index is 1.72. The molecule has 3 rings (SSSR count). The number of phenolic OH excluding ortho intramolecular Hbond substituents is 1. The van der Waals surface area contributed by atoms with Crippen LogP contribution in [0.4, 0.5) is 5.69 Å². The molecule has 0 saturated heterocycles. The van der Waals surface area contributed by atoms with Gasteiger partial charge in [-0.3, -0.25) is 14.6 Å². The minimum atomic E-state index is -0.104. The molecule has 0 atom stereocenters. The van der Waals surface area contributed by atoms with Crippen LogP contribution in [0.5, 0.6) is 5.75 Å². The summed E-state index contributed by atoms with van der Waals surface area (Å²) in [6.45, 7) is 1.83. The average molecular weight is 388 g/mol. The molecule has 5 nitrogen and oxygen atoms in total. The summed E-state index contributed by atoms with van der Waals surface area (Å²) in [4.78, 5) is 30.0. The second-order valence-electron chi connectivity index (χ2n) is 6.87. The fourth-order valence-electron chi connectivity index (χ4n) is 3.14. The van der Waals surface area contributed by atoms with E-state index >= 15 is 0 Å². The molecule has 1 N–H and O–H groups in total. The first kappa shape index (κ1) is 20.3. The molecule has 148 valence electrons. The third kappa shape index (κ3) is 4.88. The third-order valence-corrected chi connectivity index (χ3v) is 4.93. The maximum atomic E-state index is 12.5. The Hall–Kier alpha value is -3.47. The summed E-state index contributed by atoms with van der Waals surface area (Å²) in [6.07, 6.45) is 4.78. The van der Waals surface area contributed by atoms with Gasteiger partial charge in [-0.2, -0.15) is 0 Å². The highest BCUT2D eigenvalue weighted by molar-refractivity contribution is 5.99. The molecule has 5 heteroatoms. The van der Waals surface area contributed by atoms with Gasteiger partial charge in [0.15, 0.2) is 5.78 Å². The number of carbonyl (C=O) groups excluding carboxylic acids is 2. The molecule has 0 aliphatic heterocycles. The number of benzene rings is 2. The summed E-state index contributed by atoms with van der Waals surface area (Å²) in [6, 6.07) is 16.4. The van der Waals surface area contributed by atoms with Crippen LogP contribution in [0.25, 0.3) is 11.1 Å². The second-order valence-corrected chi connectivity index (χ2v) is 6.87. The molecule has 29 heavy (non-hydrogen) atoms. The molecule has 2 aromatic carbocycles. The number of carbonyl (C=O) groups is 2. The van der Waals surface area contributed by atoms with Crippen molar-refractivity contribution >= 4 is 17.4 Å². The maximum Gasteiger partial charge on any atom is 0.226 e. The molecule has 0 saturated carbocycles. The van der Waals surface area contributed by atoms with Crippen molar-refractivity contribution in [2.24, 2.45) is 0 Å². The topological polar surface area (TPSA) is 70.5 Å². The summed E-state index contributed by atoms with van der Waals surface area (Å²) in [5, 5.41) is 10.4. The summed E-state index contributed by atoms with van der Waals surface area (Å²) < 4.78 is 0. The zero-order chi connectivity index (χ0) is 20.8. The van der Waals surface area contributed by atoms with Gasteiger partial charge in [-0.15, -0.1) is 0 Å². The molecule has 1 amide bonds. The number of aromatic hydroxyl groups is 1. The van der Waals surface area contributed by atoms with Gasteiger partial charge in [-0.05, 0) is 53.4 Å². The molecule has 0 bridgehead atoms. The van der Waals surface area contributed by atoms with Crippen molar-refractivity contribution in [2.45, 2.75) is 26.2 Å². The second kappa shape index (κ2) is 9.15. The van der Waals surface area contributed by atoms with Crippen molar-refractivity contribution in [3.63, 3.8) is 0 Å². The van der Waals surface area contributed by atoms with Crippen molar-refractivity contribution < 1.29 is 14.7 Å². The molecule has 0 unspecified atom stereocenters. The highest BCUT2D eigenvalue weighted by Crippen LogP contribution is 2.29. The summed E-state index contributed by atoms with van der Waals surface area (Å²) in [7, 11) is 1.75. The van der Waals surface area contributed by atoms with Crippen LogP contribution in [0, 0.1) is 0 Å². The first-order chi connectivity index (χ1) is 14.0. The van der Waals surface area contributed by atoms with E-state index in [-0.39, 0.29) is 17.4 Å². The Morgan fingerprint density at radius 2 is 1.76 bits per heavy atom. The zero-order valence-electron chi connectivity index (χ0n) is 16.6. The molecule has 3 aromatic rings. The van der Waals surface area contributed by atoms with Gasteiger partial charge in [-0.25, -0.2) is 0 Å². The number of nitrogens with zero attached hydrogens (tertiary/aromatic N) is 2. The Morgan fingerprint density at radius 3 is 2.38 bits per heavy atom. The minimum absolute atomic E-state index is 0.0268. The minimum Gasteiger partial charge on any atom is -0.507 e. The lowest BCUT2D eigenvalue weighted by molar-refractivity contribution is -0.118. The van der Waals surface area contributed by atoms with Crippen molar-refractivity contribution in [3.8, 4) is 16.9 Å². The highest BCUT2D eigenvalue weighted by Gasteiger charge is 2.13. The van der Waals surface area contributed by atoms with E-state index in [1.807, 2.05) is 49.4 Å². The van der Waals surface area contributed by atoms with E-state index in [2.05, 4.69) is 4.98 Å². The van der Waals surface area contributed by atoms with E-state index in [1.54, 1.807) is 36.5 Å². The Labute approximate surface area is 170 Å². The fourth-order valence-corrected chi connectivity index (χ4v) is 3.14. The monoisotopic (exact) mass is 388 g/mol. The van der Waals surface area contributed by atoms with Gasteiger partial charge in [0.1, 0.15) is 5.75 Å². The number of hydrogen-bond acceptors (Lipinski definition) is 4. The molecule has 1 aromatic heterocycles. The van der Waals surface area contributed by atoms with Gasteiger partial charge < -0.3 is 10.0 Å². The number of ketones is 1. The van der Waals surface area contributed by atoms with Crippen LogP contribution < -0.4 is 4.90 Å². The molecule has 0 radical (unpaired) electrons. The highest BCUT2D eigenvalue weighted by atomic mass is 16.3. The Bertz CT molecular complexity index is 998. The molecular formula is C24H24N2O3. The number of amides is 1. The first-order valence-corrected chi connectivity index (χ1v) is 9.61. The number of Topliss-reactive ketones (excluding diaryl/α,β-unsaturated/α-hetero) is 1. The van der Waals surface area contributed by atoms with Gasteiger partial charge in [0.25, 0.3) is 0 Å². The van der Waals surface area contributed by atoms with Crippen LogP contribution in [-0.2, 0) is 11.2 Å². The number of aryl methyl sites for hydroxylation is 1. The normalized spacial score (nSPS) is 10.6. The summed E-state index contributed by atoms with van der Waals surface area (Å²) in [5.41, 5.74) is 3.83. The maximum absolute atomic E-state index is 12.5. The van der Waals surface area contributed by atoms with Crippen LogP contribution in [0.1, 0.15) is 35.7 Å². The smallest absolute Gasteiger partial charge is 0.226 e. The van der Waals surface area contributed by atoms with Gasteiger partial charge in [0.2, 0.25) is 5.91 Å². The molecule has 0 fully saturated rings. The van der Waals surface area contributed by atoms with Crippen molar-refractivity contribution in [3.05, 3.63) is 78.1 Å². The van der Waals surface area contributed by atoms with Crippen LogP contribution in [0.2, 0.25) is 0 Å². The standard InChI is InChI=1S/C24H24N2O3/c1-3-24(29)26(2)20-10-7-18(8-11-20)19-9-12-21(23(28)15-19)22(27)13-6-17-5-4-14-25-16-17/h4-5,7-12,14-16,28H,3,6,13H2,1-2H3.